The highest BCUT2D eigenvalue weighted by Crippen LogP contribution is 2.39. The number of esters is 1. The minimum absolute atomic E-state index is 0.235. The first-order valence-corrected chi connectivity index (χ1v) is 10.9. The van der Waals surface area contributed by atoms with Crippen LogP contribution in [0.1, 0.15) is 52.5 Å². The van der Waals surface area contributed by atoms with Gasteiger partial charge in [-0.05, 0) is 74.9 Å². The van der Waals surface area contributed by atoms with Crippen LogP contribution >= 0.6 is 23.6 Å². The van der Waals surface area contributed by atoms with Crippen LogP contribution in [0.3, 0.4) is 0 Å². The van der Waals surface area contributed by atoms with Crippen molar-refractivity contribution in [2.45, 2.75) is 45.4 Å². The molecule has 4 rings (SSSR count). The minimum atomic E-state index is -0.235. The Labute approximate surface area is 169 Å². The first kappa shape index (κ1) is 18.4. The lowest BCUT2D eigenvalue weighted by molar-refractivity contribution is 0.0526. The molecule has 4 nitrogen and oxygen atoms in total. The third-order valence-electron chi connectivity index (χ3n) is 5.23. The lowest BCUT2D eigenvalue weighted by Crippen LogP contribution is -2.38. The van der Waals surface area contributed by atoms with E-state index in [0.717, 1.165) is 49.2 Å². The van der Waals surface area contributed by atoms with Crippen LogP contribution in [0.5, 0.6) is 0 Å². The van der Waals surface area contributed by atoms with Gasteiger partial charge in [-0.1, -0.05) is 18.2 Å². The molecule has 0 amide bonds. The van der Waals surface area contributed by atoms with Gasteiger partial charge in [-0.3, -0.25) is 0 Å². The predicted octanol–water partition coefficient (Wildman–Crippen LogP) is 4.95. The van der Waals surface area contributed by atoms with E-state index in [-0.39, 0.29) is 5.97 Å². The van der Waals surface area contributed by atoms with E-state index in [1.165, 1.54) is 22.5 Å². The molecule has 1 aliphatic heterocycles. The fourth-order valence-corrected chi connectivity index (χ4v) is 5.62. The van der Waals surface area contributed by atoms with Crippen LogP contribution in [0.15, 0.2) is 24.3 Å². The van der Waals surface area contributed by atoms with E-state index in [1.54, 1.807) is 11.3 Å². The van der Waals surface area contributed by atoms with E-state index in [0.29, 0.717) is 17.3 Å². The van der Waals surface area contributed by atoms with E-state index in [1.807, 2.05) is 13.0 Å². The number of carbonyl (C=O) groups is 1. The molecule has 27 heavy (non-hydrogen) atoms. The van der Waals surface area contributed by atoms with E-state index in [2.05, 4.69) is 28.4 Å². The van der Waals surface area contributed by atoms with Gasteiger partial charge in [0, 0.05) is 17.1 Å². The molecule has 1 aromatic carbocycles. The molecular formula is C21H24N2O2S2. The summed E-state index contributed by atoms with van der Waals surface area (Å²) in [6, 6.07) is 8.41. The van der Waals surface area contributed by atoms with E-state index in [4.69, 9.17) is 17.0 Å². The molecule has 0 fully saturated rings. The molecule has 2 heterocycles. The SMILES string of the molecule is CCOC(=O)c1c(NC(=S)N2CCCc3ccccc32)sc2c1CCCC2. The highest BCUT2D eigenvalue weighted by Gasteiger charge is 2.28. The Balaban J connectivity index is 1.64. The van der Waals surface area contributed by atoms with Crippen LogP contribution < -0.4 is 10.2 Å². The van der Waals surface area contributed by atoms with Crippen molar-refractivity contribution >= 4 is 45.3 Å². The van der Waals surface area contributed by atoms with E-state index >= 15 is 0 Å². The number of hydrogen-bond donors (Lipinski definition) is 1. The number of rotatable bonds is 3. The molecule has 0 spiro atoms. The third kappa shape index (κ3) is 3.60. The van der Waals surface area contributed by atoms with Crippen molar-refractivity contribution in [1.82, 2.24) is 0 Å². The van der Waals surface area contributed by atoms with Crippen molar-refractivity contribution in [3.05, 3.63) is 45.8 Å². The maximum absolute atomic E-state index is 12.6. The molecule has 0 unspecified atom stereocenters. The second kappa shape index (κ2) is 7.98. The zero-order valence-electron chi connectivity index (χ0n) is 15.5. The number of aryl methyl sites for hydroxylation is 2. The number of carbonyl (C=O) groups excluding carboxylic acids is 1. The molecule has 0 saturated heterocycles. The monoisotopic (exact) mass is 400 g/mol. The maximum Gasteiger partial charge on any atom is 0.341 e. The molecule has 0 saturated carbocycles. The molecular weight excluding hydrogens is 376 g/mol. The van der Waals surface area contributed by atoms with E-state index in [9.17, 15) is 4.79 Å². The van der Waals surface area contributed by atoms with Crippen molar-refractivity contribution in [3.63, 3.8) is 0 Å². The van der Waals surface area contributed by atoms with E-state index < -0.39 is 0 Å². The van der Waals surface area contributed by atoms with Gasteiger partial charge in [-0.2, -0.15) is 0 Å². The number of thiophene rings is 1. The Bertz CT molecular complexity index is 875. The van der Waals surface area contributed by atoms with Crippen LogP contribution in [0.4, 0.5) is 10.7 Å². The number of anilines is 2. The smallest absolute Gasteiger partial charge is 0.341 e. The Morgan fingerprint density at radius 3 is 2.89 bits per heavy atom. The number of benzene rings is 1. The van der Waals surface area contributed by atoms with Crippen LogP contribution in [-0.2, 0) is 24.0 Å². The van der Waals surface area contributed by atoms with Gasteiger partial charge in [0.25, 0.3) is 0 Å². The van der Waals surface area contributed by atoms with Gasteiger partial charge in [0.15, 0.2) is 5.11 Å². The minimum Gasteiger partial charge on any atom is -0.462 e. The summed E-state index contributed by atoms with van der Waals surface area (Å²) < 4.78 is 5.35. The Kier molecular flexibility index (Phi) is 5.45. The molecule has 6 heteroatoms. The lowest BCUT2D eigenvalue weighted by atomic mass is 9.95. The summed E-state index contributed by atoms with van der Waals surface area (Å²) in [4.78, 5) is 16.1. The normalized spacial score (nSPS) is 15.7. The van der Waals surface area contributed by atoms with Crippen molar-refractivity contribution in [3.8, 4) is 0 Å². The lowest BCUT2D eigenvalue weighted by Gasteiger charge is -2.31. The average molecular weight is 401 g/mol. The quantitative estimate of drug-likeness (QED) is 0.583. The maximum atomic E-state index is 12.6. The summed E-state index contributed by atoms with van der Waals surface area (Å²) in [6.07, 6.45) is 6.44. The topological polar surface area (TPSA) is 41.6 Å². The summed E-state index contributed by atoms with van der Waals surface area (Å²) >= 11 is 7.42. The van der Waals surface area contributed by atoms with Gasteiger partial charge in [0.1, 0.15) is 5.00 Å². The highest BCUT2D eigenvalue weighted by atomic mass is 32.1. The fraction of sp³-hybridized carbons (Fsp3) is 0.429. The molecule has 0 bridgehead atoms. The van der Waals surface area contributed by atoms with Crippen LogP contribution in [-0.4, -0.2) is 24.2 Å². The summed E-state index contributed by atoms with van der Waals surface area (Å²) in [5, 5.41) is 4.89. The largest absolute Gasteiger partial charge is 0.462 e. The summed E-state index contributed by atoms with van der Waals surface area (Å²) in [7, 11) is 0. The van der Waals surface area contributed by atoms with Gasteiger partial charge >= 0.3 is 5.97 Å². The Morgan fingerprint density at radius 1 is 1.22 bits per heavy atom. The fourth-order valence-electron chi connectivity index (χ4n) is 3.98. The molecule has 0 atom stereocenters. The first-order chi connectivity index (χ1) is 13.2. The highest BCUT2D eigenvalue weighted by molar-refractivity contribution is 7.80. The number of nitrogens with one attached hydrogen (secondary N) is 1. The zero-order valence-corrected chi connectivity index (χ0v) is 17.2. The van der Waals surface area contributed by atoms with Gasteiger partial charge < -0.3 is 15.0 Å². The number of thiocarbonyl (C=S) groups is 1. The molecule has 1 aromatic heterocycles. The Morgan fingerprint density at radius 2 is 2.04 bits per heavy atom. The molecule has 0 radical (unpaired) electrons. The third-order valence-corrected chi connectivity index (χ3v) is 6.76. The molecule has 1 N–H and O–H groups in total. The second-order valence-corrected chi connectivity index (χ2v) is 8.44. The number of fused-ring (bicyclic) bond motifs is 2. The number of nitrogens with zero attached hydrogens (tertiary/aromatic N) is 1. The van der Waals surface area contributed by atoms with Crippen molar-refractivity contribution in [1.29, 1.82) is 0 Å². The van der Waals surface area contributed by atoms with Crippen molar-refractivity contribution in [2.75, 3.05) is 23.4 Å². The van der Waals surface area contributed by atoms with Gasteiger partial charge in [-0.15, -0.1) is 11.3 Å². The van der Waals surface area contributed by atoms with Crippen molar-refractivity contribution < 1.29 is 9.53 Å². The molecule has 2 aliphatic rings. The van der Waals surface area contributed by atoms with Gasteiger partial charge in [0.2, 0.25) is 0 Å². The first-order valence-electron chi connectivity index (χ1n) is 9.67. The van der Waals surface area contributed by atoms with Crippen LogP contribution in [0, 0.1) is 0 Å². The number of ether oxygens (including phenoxy) is 1. The summed E-state index contributed by atoms with van der Waals surface area (Å²) in [5.74, 6) is -0.235. The molecule has 142 valence electrons. The van der Waals surface area contributed by atoms with Crippen LogP contribution in [0.2, 0.25) is 0 Å². The van der Waals surface area contributed by atoms with Gasteiger partial charge in [-0.25, -0.2) is 4.79 Å². The van der Waals surface area contributed by atoms with Crippen LogP contribution in [0.25, 0.3) is 0 Å². The van der Waals surface area contributed by atoms with Crippen molar-refractivity contribution in [2.24, 2.45) is 0 Å². The number of hydrogen-bond acceptors (Lipinski definition) is 4. The Hall–Kier alpha value is -1.92. The number of para-hydroxylation sites is 1. The zero-order chi connectivity index (χ0) is 18.8. The molecule has 1 aliphatic carbocycles. The summed E-state index contributed by atoms with van der Waals surface area (Å²) in [5.41, 5.74) is 4.35. The van der Waals surface area contributed by atoms with Gasteiger partial charge in [0.05, 0.1) is 12.2 Å². The summed E-state index contributed by atoms with van der Waals surface area (Å²) in [6.45, 7) is 3.12. The average Bonchev–Trinajstić information content (AvgIpc) is 3.05. The predicted molar refractivity (Wildman–Crippen MR) is 115 cm³/mol. The standard InChI is InChI=1S/C21H24N2O2S2/c1-2-25-20(24)18-15-10-4-6-12-17(15)27-19(18)22-21(26)23-13-7-9-14-8-3-5-11-16(14)23/h3,5,8,11H,2,4,6-7,9-10,12-13H2,1H3,(H,22,26). The molecule has 2 aromatic rings. The second-order valence-electron chi connectivity index (χ2n) is 6.95.